The Morgan fingerprint density at radius 2 is 1.96 bits per heavy atom. The smallest absolute Gasteiger partial charge is 0.338 e. The van der Waals surface area contributed by atoms with Crippen molar-refractivity contribution in [2.24, 2.45) is 11.7 Å². The van der Waals surface area contributed by atoms with Crippen LogP contribution in [0.4, 0.5) is 5.00 Å². The molecule has 1 atom stereocenters. The summed E-state index contributed by atoms with van der Waals surface area (Å²) >= 11 is 1.26. The number of anilines is 1. The molecular formula is C19H22N2O5S2. The van der Waals surface area contributed by atoms with Gasteiger partial charge >= 0.3 is 5.97 Å². The number of hydrogen-bond donors (Lipinski definition) is 2. The van der Waals surface area contributed by atoms with Gasteiger partial charge in [-0.1, -0.05) is 6.92 Å². The topological polar surface area (TPSA) is 116 Å². The van der Waals surface area contributed by atoms with Crippen LogP contribution in [0.5, 0.6) is 0 Å². The van der Waals surface area contributed by atoms with Crippen molar-refractivity contribution in [2.45, 2.75) is 38.0 Å². The first-order chi connectivity index (χ1) is 13.2. The summed E-state index contributed by atoms with van der Waals surface area (Å²) in [6, 6.07) is 5.44. The number of sulfonamides is 1. The molecule has 28 heavy (non-hydrogen) atoms. The van der Waals surface area contributed by atoms with Crippen LogP contribution in [0.15, 0.2) is 29.2 Å². The second-order valence-corrected chi connectivity index (χ2v) is 9.56. The second-order valence-electron chi connectivity index (χ2n) is 6.77. The van der Waals surface area contributed by atoms with E-state index in [0.717, 1.165) is 23.3 Å². The number of carbonyl (C=O) groups is 2. The molecule has 2 aromatic rings. The van der Waals surface area contributed by atoms with E-state index in [1.807, 2.05) is 0 Å². The largest absolute Gasteiger partial charge is 0.462 e. The van der Waals surface area contributed by atoms with E-state index in [-0.39, 0.29) is 27.6 Å². The molecule has 1 amide bonds. The highest BCUT2D eigenvalue weighted by Gasteiger charge is 2.28. The predicted octanol–water partition coefficient (Wildman–Crippen LogP) is 2.95. The zero-order valence-electron chi connectivity index (χ0n) is 15.7. The zero-order valence-corrected chi connectivity index (χ0v) is 17.3. The third-order valence-corrected chi connectivity index (χ3v) is 7.33. The van der Waals surface area contributed by atoms with Crippen LogP contribution < -0.4 is 10.5 Å². The number of nitrogens with one attached hydrogen (secondary N) is 1. The van der Waals surface area contributed by atoms with Crippen LogP contribution >= 0.6 is 11.3 Å². The number of hydrogen-bond acceptors (Lipinski definition) is 6. The number of fused-ring (bicyclic) bond motifs is 1. The summed E-state index contributed by atoms with van der Waals surface area (Å²) in [7, 11) is -3.94. The molecule has 0 bridgehead atoms. The molecule has 1 unspecified atom stereocenters. The van der Waals surface area contributed by atoms with E-state index < -0.39 is 21.9 Å². The third kappa shape index (κ3) is 4.05. The Kier molecular flexibility index (Phi) is 5.76. The van der Waals surface area contributed by atoms with Gasteiger partial charge in [0.1, 0.15) is 5.00 Å². The monoisotopic (exact) mass is 422 g/mol. The van der Waals surface area contributed by atoms with E-state index in [1.54, 1.807) is 6.92 Å². The molecule has 3 rings (SSSR count). The van der Waals surface area contributed by atoms with Gasteiger partial charge in [0.2, 0.25) is 0 Å². The molecule has 0 aliphatic heterocycles. The Morgan fingerprint density at radius 1 is 1.29 bits per heavy atom. The Bertz CT molecular complexity index is 1010. The van der Waals surface area contributed by atoms with Crippen molar-refractivity contribution in [3.63, 3.8) is 0 Å². The molecule has 0 fully saturated rings. The van der Waals surface area contributed by atoms with Crippen LogP contribution in [-0.2, 0) is 27.6 Å². The van der Waals surface area contributed by atoms with Gasteiger partial charge in [-0.25, -0.2) is 13.2 Å². The van der Waals surface area contributed by atoms with Gasteiger partial charge in [0.15, 0.2) is 0 Å². The maximum Gasteiger partial charge on any atom is 0.338 e. The molecule has 3 N–H and O–H groups in total. The maximum absolute atomic E-state index is 12.8. The molecule has 1 aliphatic carbocycles. The van der Waals surface area contributed by atoms with Gasteiger partial charge in [-0.05, 0) is 61.9 Å². The van der Waals surface area contributed by atoms with Gasteiger partial charge in [0.05, 0.1) is 22.6 Å². The summed E-state index contributed by atoms with van der Waals surface area (Å²) in [5, 5.41) is 0.251. The number of amides is 1. The predicted molar refractivity (Wildman–Crippen MR) is 107 cm³/mol. The molecule has 1 aromatic carbocycles. The second kappa shape index (κ2) is 7.92. The third-order valence-electron chi connectivity index (χ3n) is 4.66. The van der Waals surface area contributed by atoms with E-state index >= 15 is 0 Å². The number of carbonyl (C=O) groups excluding carboxylic acids is 2. The lowest BCUT2D eigenvalue weighted by Gasteiger charge is -2.18. The lowest BCUT2D eigenvalue weighted by molar-refractivity contribution is 0.0526. The maximum atomic E-state index is 12.8. The van der Waals surface area contributed by atoms with Crippen LogP contribution in [0, 0.1) is 5.92 Å². The summed E-state index contributed by atoms with van der Waals surface area (Å²) in [5.74, 6) is -0.676. The fraction of sp³-hybridized carbons (Fsp3) is 0.368. The van der Waals surface area contributed by atoms with Gasteiger partial charge in [-0.2, -0.15) is 0 Å². The number of ether oxygens (including phenoxy) is 1. The Labute approximate surface area is 167 Å². The first-order valence-corrected chi connectivity index (χ1v) is 11.3. The molecule has 1 aliphatic rings. The normalized spacial score (nSPS) is 16.3. The SMILES string of the molecule is CCOC(=O)c1ccc(S(=O)(=O)Nc2sc3c(c2C(N)=O)CCC(C)C3)cc1. The van der Waals surface area contributed by atoms with Gasteiger partial charge in [0, 0.05) is 4.88 Å². The molecule has 150 valence electrons. The average molecular weight is 423 g/mol. The lowest BCUT2D eigenvalue weighted by Crippen LogP contribution is -2.19. The Balaban J connectivity index is 1.90. The minimum Gasteiger partial charge on any atom is -0.462 e. The van der Waals surface area contributed by atoms with Crippen LogP contribution in [0.3, 0.4) is 0 Å². The molecule has 9 heteroatoms. The summed E-state index contributed by atoms with van der Waals surface area (Å²) in [6.45, 7) is 4.05. The van der Waals surface area contributed by atoms with E-state index in [4.69, 9.17) is 10.5 Å². The minimum atomic E-state index is -3.94. The van der Waals surface area contributed by atoms with Crippen molar-refractivity contribution < 1.29 is 22.7 Å². The molecule has 0 radical (unpaired) electrons. The molecule has 0 saturated carbocycles. The van der Waals surface area contributed by atoms with Crippen LogP contribution in [0.25, 0.3) is 0 Å². The number of esters is 1. The Morgan fingerprint density at radius 3 is 2.57 bits per heavy atom. The number of benzene rings is 1. The lowest BCUT2D eigenvalue weighted by atomic mass is 9.88. The number of primary amides is 1. The molecule has 7 nitrogen and oxygen atoms in total. The van der Waals surface area contributed by atoms with E-state index in [9.17, 15) is 18.0 Å². The first kappa shape index (κ1) is 20.3. The van der Waals surface area contributed by atoms with E-state index in [2.05, 4.69) is 11.6 Å². The van der Waals surface area contributed by atoms with Crippen LogP contribution in [0.2, 0.25) is 0 Å². The fourth-order valence-electron chi connectivity index (χ4n) is 3.25. The summed E-state index contributed by atoms with van der Waals surface area (Å²) in [5.41, 5.74) is 6.92. The summed E-state index contributed by atoms with van der Waals surface area (Å²) in [4.78, 5) is 24.7. The van der Waals surface area contributed by atoms with Crippen molar-refractivity contribution in [3.05, 3.63) is 45.8 Å². The van der Waals surface area contributed by atoms with Crippen molar-refractivity contribution in [1.82, 2.24) is 0 Å². The first-order valence-electron chi connectivity index (χ1n) is 8.97. The summed E-state index contributed by atoms with van der Waals surface area (Å²) < 4.78 is 33.0. The van der Waals surface area contributed by atoms with E-state index in [1.165, 1.54) is 35.6 Å². The van der Waals surface area contributed by atoms with Crippen molar-refractivity contribution in [3.8, 4) is 0 Å². The minimum absolute atomic E-state index is 0.0179. The molecule has 1 aromatic heterocycles. The fourth-order valence-corrected chi connectivity index (χ4v) is 5.97. The van der Waals surface area contributed by atoms with Crippen molar-refractivity contribution in [2.75, 3.05) is 11.3 Å². The molecule has 1 heterocycles. The van der Waals surface area contributed by atoms with Crippen LogP contribution in [-0.4, -0.2) is 26.9 Å². The highest BCUT2D eigenvalue weighted by molar-refractivity contribution is 7.93. The number of rotatable bonds is 6. The highest BCUT2D eigenvalue weighted by Crippen LogP contribution is 2.40. The van der Waals surface area contributed by atoms with Crippen molar-refractivity contribution in [1.29, 1.82) is 0 Å². The van der Waals surface area contributed by atoms with Crippen molar-refractivity contribution >= 4 is 38.2 Å². The van der Waals surface area contributed by atoms with E-state index in [0.29, 0.717) is 12.3 Å². The average Bonchev–Trinajstić information content (AvgIpc) is 2.98. The zero-order chi connectivity index (χ0) is 20.5. The van der Waals surface area contributed by atoms with Gasteiger partial charge < -0.3 is 10.5 Å². The van der Waals surface area contributed by atoms with Gasteiger partial charge in [-0.15, -0.1) is 11.3 Å². The van der Waals surface area contributed by atoms with Gasteiger partial charge in [0.25, 0.3) is 15.9 Å². The standard InChI is InChI=1S/C19H22N2O5S2/c1-3-26-19(23)12-5-7-13(8-6-12)28(24,25)21-18-16(17(20)22)14-9-4-11(2)10-15(14)27-18/h5-8,11,21H,3-4,9-10H2,1-2H3,(H2,20,22). The number of nitrogens with two attached hydrogens (primary N) is 1. The summed E-state index contributed by atoms with van der Waals surface area (Å²) in [6.07, 6.45) is 2.45. The molecule has 0 saturated heterocycles. The van der Waals surface area contributed by atoms with Gasteiger partial charge in [-0.3, -0.25) is 9.52 Å². The molecular weight excluding hydrogens is 400 g/mol. The molecule has 0 spiro atoms. The quantitative estimate of drug-likeness (QED) is 0.695. The highest BCUT2D eigenvalue weighted by atomic mass is 32.2. The Hall–Kier alpha value is -2.39. The number of thiophene rings is 1. The van der Waals surface area contributed by atoms with Crippen LogP contribution in [0.1, 0.15) is 51.4 Å².